The van der Waals surface area contributed by atoms with E-state index in [0.717, 1.165) is 5.56 Å². The zero-order valence-corrected chi connectivity index (χ0v) is 14.8. The first-order chi connectivity index (χ1) is 11.8. The maximum Gasteiger partial charge on any atom is 0.251 e. The molecule has 1 heterocycles. The minimum Gasteiger partial charge on any atom is -0.348 e. The van der Waals surface area contributed by atoms with Crippen molar-refractivity contribution in [2.24, 2.45) is 0 Å². The average Bonchev–Trinajstić information content (AvgIpc) is 2.67. The third kappa shape index (κ3) is 4.34. The first kappa shape index (κ1) is 16.9. The Bertz CT molecular complexity index is 729. The number of hydrogen-bond donors (Lipinski definition) is 1. The molecule has 0 aromatic heterocycles. The van der Waals surface area contributed by atoms with Gasteiger partial charge in [0.15, 0.2) is 0 Å². The van der Waals surface area contributed by atoms with Crippen molar-refractivity contribution in [1.82, 2.24) is 5.32 Å². The van der Waals surface area contributed by atoms with E-state index in [1.54, 1.807) is 12.1 Å². The highest BCUT2D eigenvalue weighted by Crippen LogP contribution is 2.43. The van der Waals surface area contributed by atoms with Crippen molar-refractivity contribution in [1.29, 1.82) is 5.26 Å². The number of carbonyl (C=O) groups excluding carboxylic acids is 1. The lowest BCUT2D eigenvalue weighted by molar-refractivity contribution is 0.0951. The van der Waals surface area contributed by atoms with Gasteiger partial charge in [-0.05, 0) is 53.3 Å². The predicted molar refractivity (Wildman–Crippen MR) is 101 cm³/mol. The molecule has 2 aromatic carbocycles. The van der Waals surface area contributed by atoms with Crippen LogP contribution in [-0.4, -0.2) is 17.4 Å². The Kier molecular flexibility index (Phi) is 5.84. The van der Waals surface area contributed by atoms with Crippen LogP contribution in [-0.2, 0) is 6.54 Å². The average molecular weight is 355 g/mol. The molecule has 1 aliphatic heterocycles. The molecule has 24 heavy (non-hydrogen) atoms. The molecule has 1 amide bonds. The second-order valence-electron chi connectivity index (χ2n) is 5.54. The van der Waals surface area contributed by atoms with Crippen LogP contribution in [0.15, 0.2) is 48.5 Å². The van der Waals surface area contributed by atoms with Gasteiger partial charge in [0, 0.05) is 12.1 Å². The summed E-state index contributed by atoms with van der Waals surface area (Å²) in [5, 5.41) is 11.7. The molecule has 3 rings (SSSR count). The van der Waals surface area contributed by atoms with Crippen LogP contribution in [0.25, 0.3) is 0 Å². The van der Waals surface area contributed by atoms with Crippen LogP contribution in [0.2, 0.25) is 0 Å². The summed E-state index contributed by atoms with van der Waals surface area (Å²) in [7, 11) is 0. The van der Waals surface area contributed by atoms with Crippen LogP contribution < -0.4 is 5.32 Å². The molecular formula is C19H18N2OS2. The van der Waals surface area contributed by atoms with Crippen molar-refractivity contribution >= 4 is 29.4 Å². The van der Waals surface area contributed by atoms with Crippen molar-refractivity contribution < 1.29 is 4.79 Å². The van der Waals surface area contributed by atoms with Crippen molar-refractivity contribution in [2.45, 2.75) is 17.5 Å². The maximum absolute atomic E-state index is 12.3. The molecule has 1 fully saturated rings. The molecule has 0 spiro atoms. The largest absolute Gasteiger partial charge is 0.348 e. The number of nitrogens with one attached hydrogen (secondary N) is 1. The molecule has 1 N–H and O–H groups in total. The summed E-state index contributed by atoms with van der Waals surface area (Å²) in [5.74, 6) is 2.35. The third-order valence-electron chi connectivity index (χ3n) is 3.81. The minimum atomic E-state index is -0.0742. The maximum atomic E-state index is 12.3. The van der Waals surface area contributed by atoms with E-state index in [1.807, 2.05) is 47.8 Å². The molecule has 3 nitrogen and oxygen atoms in total. The van der Waals surface area contributed by atoms with Crippen molar-refractivity contribution in [3.8, 4) is 6.07 Å². The Morgan fingerprint density at radius 2 is 1.75 bits per heavy atom. The number of rotatable bonds is 4. The number of hydrogen-bond acceptors (Lipinski definition) is 4. The van der Waals surface area contributed by atoms with Crippen molar-refractivity contribution in [3.63, 3.8) is 0 Å². The predicted octanol–water partition coefficient (Wildman–Crippen LogP) is 4.36. The topological polar surface area (TPSA) is 52.9 Å². The van der Waals surface area contributed by atoms with Gasteiger partial charge < -0.3 is 5.32 Å². The van der Waals surface area contributed by atoms with E-state index in [-0.39, 0.29) is 5.91 Å². The summed E-state index contributed by atoms with van der Waals surface area (Å²) >= 11 is 3.96. The second-order valence-corrected chi connectivity index (χ2v) is 8.26. The summed E-state index contributed by atoms with van der Waals surface area (Å²) in [5.41, 5.74) is 3.57. The van der Waals surface area contributed by atoms with Gasteiger partial charge in [0.05, 0.1) is 16.2 Å². The lowest BCUT2D eigenvalue weighted by Crippen LogP contribution is -2.22. The van der Waals surface area contributed by atoms with Crippen LogP contribution in [0.5, 0.6) is 0 Å². The molecule has 0 radical (unpaired) electrons. The number of nitriles is 1. The fourth-order valence-corrected chi connectivity index (χ4v) is 5.35. The van der Waals surface area contributed by atoms with E-state index in [0.29, 0.717) is 22.3 Å². The van der Waals surface area contributed by atoms with Gasteiger partial charge in [0.1, 0.15) is 0 Å². The smallest absolute Gasteiger partial charge is 0.251 e. The number of nitrogens with zero attached hydrogens (tertiary/aromatic N) is 1. The Hall–Kier alpha value is -1.90. The fraction of sp³-hybridized carbons (Fsp3) is 0.263. The highest BCUT2D eigenvalue weighted by Gasteiger charge is 2.16. The Labute approximate surface area is 150 Å². The van der Waals surface area contributed by atoms with Crippen LogP contribution >= 0.6 is 23.5 Å². The van der Waals surface area contributed by atoms with Crippen LogP contribution in [0.1, 0.15) is 38.1 Å². The monoisotopic (exact) mass is 354 g/mol. The van der Waals surface area contributed by atoms with Gasteiger partial charge in [-0.25, -0.2) is 0 Å². The Balaban J connectivity index is 1.57. The van der Waals surface area contributed by atoms with Gasteiger partial charge >= 0.3 is 0 Å². The number of amides is 1. The summed E-state index contributed by atoms with van der Waals surface area (Å²) in [4.78, 5) is 12.3. The molecule has 0 atom stereocenters. The van der Waals surface area contributed by atoms with Gasteiger partial charge in [-0.15, -0.1) is 23.5 Å². The molecule has 0 aliphatic carbocycles. The summed E-state index contributed by atoms with van der Waals surface area (Å²) in [6.45, 7) is 0.459. The zero-order valence-electron chi connectivity index (χ0n) is 13.2. The van der Waals surface area contributed by atoms with E-state index < -0.39 is 0 Å². The van der Waals surface area contributed by atoms with Gasteiger partial charge in [0.25, 0.3) is 5.91 Å². The van der Waals surface area contributed by atoms with E-state index in [9.17, 15) is 4.79 Å². The first-order valence-electron chi connectivity index (χ1n) is 7.87. The third-order valence-corrected chi connectivity index (χ3v) is 6.82. The molecule has 2 aromatic rings. The normalized spacial score (nSPS) is 14.8. The summed E-state index contributed by atoms with van der Waals surface area (Å²) in [6, 6.07) is 17.3. The van der Waals surface area contributed by atoms with E-state index in [2.05, 4.69) is 23.5 Å². The van der Waals surface area contributed by atoms with Crippen LogP contribution in [0.4, 0.5) is 0 Å². The highest BCUT2D eigenvalue weighted by molar-refractivity contribution is 8.16. The van der Waals surface area contributed by atoms with Crippen molar-refractivity contribution in [3.05, 3.63) is 70.8 Å². The van der Waals surface area contributed by atoms with Crippen LogP contribution in [0.3, 0.4) is 0 Å². The molecular weight excluding hydrogens is 336 g/mol. The lowest BCUT2D eigenvalue weighted by atomic mass is 10.1. The molecule has 0 saturated carbocycles. The van der Waals surface area contributed by atoms with E-state index in [4.69, 9.17) is 5.26 Å². The molecule has 5 heteroatoms. The van der Waals surface area contributed by atoms with E-state index >= 15 is 0 Å². The Morgan fingerprint density at radius 3 is 2.38 bits per heavy atom. The number of carbonyl (C=O) groups is 1. The standard InChI is InChI=1S/C19H18N2OS2/c20-12-14-2-4-15(5-3-14)13-21-18(22)16-6-8-17(9-7-16)19-23-10-1-11-24-19/h2-9,19H,1,10-11,13H2,(H,21,22). The fourth-order valence-electron chi connectivity index (χ4n) is 2.45. The van der Waals surface area contributed by atoms with Crippen LogP contribution in [0, 0.1) is 11.3 Å². The Morgan fingerprint density at radius 1 is 1.08 bits per heavy atom. The molecule has 0 unspecified atom stereocenters. The first-order valence-corrected chi connectivity index (χ1v) is 9.96. The summed E-state index contributed by atoms with van der Waals surface area (Å²) in [6.07, 6.45) is 1.28. The van der Waals surface area contributed by atoms with Gasteiger partial charge in [-0.3, -0.25) is 4.79 Å². The van der Waals surface area contributed by atoms with Crippen molar-refractivity contribution in [2.75, 3.05) is 11.5 Å². The highest BCUT2D eigenvalue weighted by atomic mass is 32.2. The molecule has 0 bridgehead atoms. The minimum absolute atomic E-state index is 0.0742. The molecule has 122 valence electrons. The number of thioether (sulfide) groups is 2. The lowest BCUT2D eigenvalue weighted by Gasteiger charge is -2.21. The zero-order chi connectivity index (χ0) is 16.8. The van der Waals surface area contributed by atoms with Gasteiger partial charge in [-0.1, -0.05) is 24.3 Å². The van der Waals surface area contributed by atoms with Gasteiger partial charge in [-0.2, -0.15) is 5.26 Å². The quantitative estimate of drug-likeness (QED) is 0.886. The van der Waals surface area contributed by atoms with E-state index in [1.165, 1.54) is 23.5 Å². The molecule has 1 aliphatic rings. The second kappa shape index (κ2) is 8.27. The SMILES string of the molecule is N#Cc1ccc(CNC(=O)c2ccc(C3SCCCS3)cc2)cc1. The van der Waals surface area contributed by atoms with Gasteiger partial charge in [0.2, 0.25) is 0 Å². The number of benzene rings is 2. The molecule has 1 saturated heterocycles. The summed E-state index contributed by atoms with van der Waals surface area (Å²) < 4.78 is 0.495.